The Labute approximate surface area is 142 Å². The van der Waals surface area contributed by atoms with Gasteiger partial charge in [-0.3, -0.25) is 0 Å². The van der Waals surface area contributed by atoms with Gasteiger partial charge in [0, 0.05) is 5.56 Å². The van der Waals surface area contributed by atoms with Crippen LogP contribution in [-0.4, -0.2) is 16.2 Å². The number of carbonyl (C=O) groups excluding carboxylic acids is 1. The van der Waals surface area contributed by atoms with E-state index >= 15 is 0 Å². The lowest BCUT2D eigenvalue weighted by atomic mass is 10.1. The number of benzene rings is 2. The number of hydrogen-bond donors (Lipinski definition) is 0. The Morgan fingerprint density at radius 2 is 2.00 bits per heavy atom. The molecule has 6 nitrogen and oxygen atoms in total. The first kappa shape index (κ1) is 16.3. The summed E-state index contributed by atoms with van der Waals surface area (Å²) in [6.45, 7) is 1.59. The van der Waals surface area contributed by atoms with Gasteiger partial charge in [0.05, 0.1) is 17.2 Å². The molecule has 0 unspecified atom stereocenters. The normalized spacial score (nSPS) is 11.6. The monoisotopic (exact) mass is 337 g/mol. The minimum atomic E-state index is -0.778. The summed E-state index contributed by atoms with van der Waals surface area (Å²) in [5, 5.41) is 16.6. The highest BCUT2D eigenvalue weighted by Gasteiger charge is 2.20. The predicted octanol–water partition coefficient (Wildman–Crippen LogP) is 3.67. The Morgan fingerprint density at radius 1 is 1.24 bits per heavy atom. The summed E-state index contributed by atoms with van der Waals surface area (Å²) < 4.78 is 23.7. The number of carbonyl (C=O) groups is 1. The second-order valence-corrected chi connectivity index (χ2v) is 5.19. The maximum absolute atomic E-state index is 13.0. The highest BCUT2D eigenvalue weighted by molar-refractivity contribution is 5.89. The van der Waals surface area contributed by atoms with Gasteiger partial charge in [-0.15, -0.1) is 10.2 Å². The van der Waals surface area contributed by atoms with Crippen LogP contribution in [0.25, 0.3) is 11.5 Å². The smallest absolute Gasteiger partial charge is 0.338 e. The molecule has 0 saturated carbocycles. The van der Waals surface area contributed by atoms with Crippen LogP contribution in [0.15, 0.2) is 52.9 Å². The molecule has 0 spiro atoms. The predicted molar refractivity (Wildman–Crippen MR) is 84.7 cm³/mol. The Hall–Kier alpha value is -3.53. The van der Waals surface area contributed by atoms with Gasteiger partial charge in [-0.25, -0.2) is 9.18 Å². The number of aromatic nitrogens is 2. The minimum absolute atomic E-state index is 0.115. The molecule has 0 bridgehead atoms. The summed E-state index contributed by atoms with van der Waals surface area (Å²) >= 11 is 0. The highest BCUT2D eigenvalue weighted by Crippen LogP contribution is 2.23. The van der Waals surface area contributed by atoms with Crippen LogP contribution in [0.2, 0.25) is 0 Å². The molecule has 7 heteroatoms. The van der Waals surface area contributed by atoms with Crippen molar-refractivity contribution in [1.29, 1.82) is 5.26 Å². The van der Waals surface area contributed by atoms with E-state index in [2.05, 4.69) is 10.2 Å². The molecule has 0 N–H and O–H groups in total. The van der Waals surface area contributed by atoms with Crippen molar-refractivity contribution >= 4 is 5.97 Å². The molecule has 1 aromatic heterocycles. The van der Waals surface area contributed by atoms with E-state index < -0.39 is 12.1 Å². The summed E-state index contributed by atoms with van der Waals surface area (Å²) in [7, 11) is 0. The van der Waals surface area contributed by atoms with Crippen LogP contribution in [0.4, 0.5) is 4.39 Å². The second-order valence-electron chi connectivity index (χ2n) is 5.19. The molecule has 3 aromatic rings. The van der Waals surface area contributed by atoms with Gasteiger partial charge in [0.25, 0.3) is 5.89 Å². The summed E-state index contributed by atoms with van der Waals surface area (Å²) in [4.78, 5) is 12.1. The minimum Gasteiger partial charge on any atom is -0.449 e. The van der Waals surface area contributed by atoms with Crippen molar-refractivity contribution in [3.8, 4) is 17.5 Å². The lowest BCUT2D eigenvalue weighted by Gasteiger charge is -2.09. The lowest BCUT2D eigenvalue weighted by molar-refractivity contribution is 0.0280. The molecule has 1 atom stereocenters. The largest absolute Gasteiger partial charge is 0.449 e. The number of rotatable bonds is 4. The molecule has 2 aromatic carbocycles. The highest BCUT2D eigenvalue weighted by atomic mass is 19.1. The first-order chi connectivity index (χ1) is 12.1. The number of nitriles is 1. The summed E-state index contributed by atoms with van der Waals surface area (Å²) in [6.07, 6.45) is -0.778. The second kappa shape index (κ2) is 6.93. The van der Waals surface area contributed by atoms with Crippen LogP contribution in [0, 0.1) is 17.1 Å². The Morgan fingerprint density at radius 3 is 2.72 bits per heavy atom. The number of esters is 1. The number of halogens is 1. The first-order valence-corrected chi connectivity index (χ1v) is 7.37. The third-order valence-corrected chi connectivity index (χ3v) is 3.39. The molecular weight excluding hydrogens is 325 g/mol. The lowest BCUT2D eigenvalue weighted by Crippen LogP contribution is -2.09. The summed E-state index contributed by atoms with van der Waals surface area (Å²) in [5.41, 5.74) is 1.17. The van der Waals surface area contributed by atoms with E-state index in [0.29, 0.717) is 11.1 Å². The van der Waals surface area contributed by atoms with Gasteiger partial charge in [0.15, 0.2) is 6.10 Å². The molecule has 0 amide bonds. The summed E-state index contributed by atoms with van der Waals surface area (Å²) in [6, 6.07) is 13.7. The fourth-order valence-electron chi connectivity index (χ4n) is 2.10. The molecule has 0 aliphatic heterocycles. The van der Waals surface area contributed by atoms with E-state index in [9.17, 15) is 9.18 Å². The van der Waals surface area contributed by atoms with Crippen LogP contribution in [-0.2, 0) is 4.74 Å². The van der Waals surface area contributed by atoms with Gasteiger partial charge in [-0.05, 0) is 49.4 Å². The third kappa shape index (κ3) is 3.70. The molecule has 3 rings (SSSR count). The maximum Gasteiger partial charge on any atom is 0.338 e. The van der Waals surface area contributed by atoms with Crippen molar-refractivity contribution < 1.29 is 18.3 Å². The Bertz CT molecular complexity index is 945. The van der Waals surface area contributed by atoms with Crippen molar-refractivity contribution in [2.24, 2.45) is 0 Å². The molecular formula is C18H12FN3O3. The third-order valence-electron chi connectivity index (χ3n) is 3.39. The Kier molecular flexibility index (Phi) is 4.53. The zero-order valence-corrected chi connectivity index (χ0v) is 13.1. The van der Waals surface area contributed by atoms with Gasteiger partial charge < -0.3 is 9.15 Å². The van der Waals surface area contributed by atoms with Crippen LogP contribution in [0.5, 0.6) is 0 Å². The molecule has 0 aliphatic carbocycles. The zero-order chi connectivity index (χ0) is 17.8. The van der Waals surface area contributed by atoms with Crippen molar-refractivity contribution in [3.05, 3.63) is 71.4 Å². The van der Waals surface area contributed by atoms with Gasteiger partial charge in [-0.2, -0.15) is 5.26 Å². The van der Waals surface area contributed by atoms with Gasteiger partial charge in [0.2, 0.25) is 5.89 Å². The van der Waals surface area contributed by atoms with Crippen LogP contribution in [0.3, 0.4) is 0 Å². The fourth-order valence-corrected chi connectivity index (χ4v) is 2.10. The van der Waals surface area contributed by atoms with Crippen LogP contribution in [0.1, 0.15) is 34.8 Å². The van der Waals surface area contributed by atoms with Gasteiger partial charge >= 0.3 is 5.97 Å². The molecule has 0 fully saturated rings. The van der Waals surface area contributed by atoms with Crippen molar-refractivity contribution in [1.82, 2.24) is 10.2 Å². The molecule has 0 saturated heterocycles. The number of ether oxygens (including phenoxy) is 1. The molecule has 124 valence electrons. The standard InChI is InChI=1S/C18H12FN3O3/c1-11(24-18(23)14-4-2-3-12(9-14)10-20)16-21-22-17(25-16)13-5-7-15(19)8-6-13/h2-9,11H,1H3/t11-/m0/s1. The topological polar surface area (TPSA) is 89.0 Å². The average molecular weight is 337 g/mol. The van der Waals surface area contributed by atoms with Crippen molar-refractivity contribution in [2.45, 2.75) is 13.0 Å². The summed E-state index contributed by atoms with van der Waals surface area (Å²) in [5.74, 6) is -0.662. The molecule has 25 heavy (non-hydrogen) atoms. The van der Waals surface area contributed by atoms with E-state index in [1.807, 2.05) is 6.07 Å². The van der Waals surface area contributed by atoms with E-state index in [1.54, 1.807) is 25.1 Å². The zero-order valence-electron chi connectivity index (χ0n) is 13.1. The molecule has 0 radical (unpaired) electrons. The molecule has 1 heterocycles. The van der Waals surface area contributed by atoms with Gasteiger partial charge in [-0.1, -0.05) is 6.07 Å². The van der Waals surface area contributed by atoms with E-state index in [-0.39, 0.29) is 23.2 Å². The van der Waals surface area contributed by atoms with Crippen LogP contribution < -0.4 is 0 Å². The number of nitrogens with zero attached hydrogens (tertiary/aromatic N) is 3. The SMILES string of the molecule is C[C@H](OC(=O)c1cccc(C#N)c1)c1nnc(-c2ccc(F)cc2)o1. The first-order valence-electron chi connectivity index (χ1n) is 7.37. The van der Waals surface area contributed by atoms with Crippen LogP contribution >= 0.6 is 0 Å². The van der Waals surface area contributed by atoms with E-state index in [0.717, 1.165) is 0 Å². The van der Waals surface area contributed by atoms with E-state index in [4.69, 9.17) is 14.4 Å². The maximum atomic E-state index is 13.0. The van der Waals surface area contributed by atoms with Gasteiger partial charge in [0.1, 0.15) is 5.82 Å². The average Bonchev–Trinajstić information content (AvgIpc) is 3.12. The van der Waals surface area contributed by atoms with Crippen molar-refractivity contribution in [3.63, 3.8) is 0 Å². The van der Waals surface area contributed by atoms with Crippen molar-refractivity contribution in [2.75, 3.05) is 0 Å². The Balaban J connectivity index is 1.73. The number of hydrogen-bond acceptors (Lipinski definition) is 6. The fraction of sp³-hybridized carbons (Fsp3) is 0.111. The van der Waals surface area contributed by atoms with E-state index in [1.165, 1.54) is 30.3 Å². The molecule has 0 aliphatic rings. The quantitative estimate of drug-likeness (QED) is 0.675.